The van der Waals surface area contributed by atoms with Crippen molar-refractivity contribution in [2.24, 2.45) is 0 Å². The summed E-state index contributed by atoms with van der Waals surface area (Å²) in [7, 11) is 3.36. The highest BCUT2D eigenvalue weighted by Crippen LogP contribution is 2.28. The van der Waals surface area contributed by atoms with Crippen LogP contribution in [0.3, 0.4) is 0 Å². The number of methoxy groups -OCH3 is 2. The number of hydrogen-bond donors (Lipinski definition) is 1. The topological polar surface area (TPSA) is 39.7 Å². The summed E-state index contributed by atoms with van der Waals surface area (Å²) in [6.07, 6.45) is 0.990. The lowest BCUT2D eigenvalue weighted by molar-refractivity contribution is 0.199. The van der Waals surface area contributed by atoms with Gasteiger partial charge in [-0.1, -0.05) is 13.0 Å². The Morgan fingerprint density at radius 1 is 1.11 bits per heavy atom. The minimum Gasteiger partial charge on any atom is -0.493 e. The summed E-state index contributed by atoms with van der Waals surface area (Å²) in [5.41, 5.74) is 1.17. The molecule has 0 atom stereocenters. The van der Waals surface area contributed by atoms with Gasteiger partial charge in [-0.25, -0.2) is 0 Å². The number of nitrogens with one attached hydrogen (secondary N) is 1. The summed E-state index contributed by atoms with van der Waals surface area (Å²) in [5.74, 6) is 1.59. The summed E-state index contributed by atoms with van der Waals surface area (Å²) in [5, 5.41) is 3.30. The van der Waals surface area contributed by atoms with Crippen LogP contribution in [-0.2, 0) is 11.3 Å². The molecule has 0 aliphatic carbocycles. The van der Waals surface area contributed by atoms with E-state index in [4.69, 9.17) is 14.2 Å². The van der Waals surface area contributed by atoms with Crippen LogP contribution in [0.25, 0.3) is 0 Å². The second-order valence-electron chi connectivity index (χ2n) is 4.00. The highest BCUT2D eigenvalue weighted by atomic mass is 16.5. The Morgan fingerprint density at radius 3 is 2.61 bits per heavy atom. The van der Waals surface area contributed by atoms with E-state index in [2.05, 4.69) is 12.2 Å². The Hall–Kier alpha value is -1.26. The van der Waals surface area contributed by atoms with E-state index in [0.717, 1.165) is 37.6 Å². The molecule has 0 spiro atoms. The molecule has 0 heterocycles. The van der Waals surface area contributed by atoms with Crippen molar-refractivity contribution in [3.63, 3.8) is 0 Å². The Morgan fingerprint density at radius 2 is 1.94 bits per heavy atom. The van der Waals surface area contributed by atoms with E-state index in [-0.39, 0.29) is 0 Å². The van der Waals surface area contributed by atoms with Crippen LogP contribution in [0.1, 0.15) is 18.9 Å². The Kier molecular flexibility index (Phi) is 7.22. The molecule has 0 aliphatic heterocycles. The minimum atomic E-state index is 0.710. The van der Waals surface area contributed by atoms with E-state index in [9.17, 15) is 0 Å². The van der Waals surface area contributed by atoms with Gasteiger partial charge in [0.25, 0.3) is 0 Å². The van der Waals surface area contributed by atoms with E-state index in [1.54, 1.807) is 14.2 Å². The van der Waals surface area contributed by atoms with Crippen molar-refractivity contribution in [3.05, 3.63) is 23.8 Å². The lowest BCUT2D eigenvalue weighted by atomic mass is 10.2. The molecule has 0 aromatic heterocycles. The average Bonchev–Trinajstić information content (AvgIpc) is 2.41. The molecule has 0 saturated heterocycles. The summed E-state index contributed by atoms with van der Waals surface area (Å²) in [6.45, 7) is 5.15. The lowest BCUT2D eigenvalue weighted by Gasteiger charge is -2.12. The van der Waals surface area contributed by atoms with Gasteiger partial charge in [0, 0.05) is 20.2 Å². The van der Waals surface area contributed by atoms with Crippen molar-refractivity contribution in [3.8, 4) is 11.5 Å². The van der Waals surface area contributed by atoms with Gasteiger partial charge in [-0.3, -0.25) is 0 Å². The Labute approximate surface area is 109 Å². The monoisotopic (exact) mass is 253 g/mol. The van der Waals surface area contributed by atoms with Crippen molar-refractivity contribution >= 4 is 0 Å². The first-order chi connectivity index (χ1) is 8.81. The van der Waals surface area contributed by atoms with Crippen LogP contribution >= 0.6 is 0 Å². The molecule has 0 aliphatic rings. The fraction of sp³-hybridized carbons (Fsp3) is 0.571. The largest absolute Gasteiger partial charge is 0.493 e. The van der Waals surface area contributed by atoms with Crippen LogP contribution in [0.4, 0.5) is 0 Å². The maximum atomic E-state index is 5.61. The first kappa shape index (κ1) is 14.8. The molecule has 0 fully saturated rings. The van der Waals surface area contributed by atoms with E-state index in [0.29, 0.717) is 6.61 Å². The third kappa shape index (κ3) is 4.94. The molecule has 0 saturated carbocycles. The summed E-state index contributed by atoms with van der Waals surface area (Å²) < 4.78 is 15.9. The van der Waals surface area contributed by atoms with Gasteiger partial charge in [-0.05, 0) is 24.1 Å². The van der Waals surface area contributed by atoms with Gasteiger partial charge in [-0.15, -0.1) is 0 Å². The minimum absolute atomic E-state index is 0.710. The molecule has 102 valence electrons. The van der Waals surface area contributed by atoms with E-state index in [1.807, 2.05) is 18.2 Å². The summed E-state index contributed by atoms with van der Waals surface area (Å²) in [4.78, 5) is 0. The van der Waals surface area contributed by atoms with Gasteiger partial charge in [0.15, 0.2) is 11.5 Å². The summed E-state index contributed by atoms with van der Waals surface area (Å²) >= 11 is 0. The molecule has 1 aromatic carbocycles. The number of benzene rings is 1. The highest BCUT2D eigenvalue weighted by Gasteiger charge is 2.05. The fourth-order valence-electron chi connectivity index (χ4n) is 1.56. The van der Waals surface area contributed by atoms with E-state index >= 15 is 0 Å². The zero-order valence-corrected chi connectivity index (χ0v) is 11.5. The Balaban J connectivity index is 2.55. The molecular formula is C14H23NO3. The molecule has 0 radical (unpaired) electrons. The predicted octanol–water partition coefficient (Wildman–Crippen LogP) is 2.22. The molecule has 1 N–H and O–H groups in total. The van der Waals surface area contributed by atoms with Crippen LogP contribution in [0.5, 0.6) is 11.5 Å². The third-order valence-corrected chi connectivity index (χ3v) is 2.50. The normalized spacial score (nSPS) is 10.4. The number of rotatable bonds is 9. The molecule has 0 unspecified atom stereocenters. The second kappa shape index (κ2) is 8.78. The van der Waals surface area contributed by atoms with Gasteiger partial charge in [-0.2, -0.15) is 0 Å². The van der Waals surface area contributed by atoms with Crippen molar-refractivity contribution in [1.82, 2.24) is 5.32 Å². The molecule has 18 heavy (non-hydrogen) atoms. The van der Waals surface area contributed by atoms with Gasteiger partial charge in [0.05, 0.1) is 20.3 Å². The van der Waals surface area contributed by atoms with Crippen molar-refractivity contribution in [2.45, 2.75) is 19.9 Å². The molecule has 1 aromatic rings. The maximum absolute atomic E-state index is 5.61. The molecule has 4 nitrogen and oxygen atoms in total. The van der Waals surface area contributed by atoms with Crippen LogP contribution in [0.2, 0.25) is 0 Å². The fourth-order valence-corrected chi connectivity index (χ4v) is 1.56. The van der Waals surface area contributed by atoms with Crippen LogP contribution in [0.15, 0.2) is 18.2 Å². The lowest BCUT2D eigenvalue weighted by Crippen LogP contribution is -2.18. The molecule has 0 amide bonds. The Bertz CT molecular complexity index is 342. The first-order valence-electron chi connectivity index (χ1n) is 6.31. The van der Waals surface area contributed by atoms with Crippen LogP contribution in [-0.4, -0.2) is 34.0 Å². The van der Waals surface area contributed by atoms with Gasteiger partial charge < -0.3 is 19.5 Å². The van der Waals surface area contributed by atoms with Crippen LogP contribution < -0.4 is 14.8 Å². The predicted molar refractivity (Wildman–Crippen MR) is 72.4 cm³/mol. The second-order valence-corrected chi connectivity index (χ2v) is 4.00. The standard InChI is InChI=1S/C14H23NO3/c1-4-8-18-13-6-5-12(10-14(13)17-3)11-15-7-9-16-2/h5-6,10,15H,4,7-9,11H2,1-3H3. The molecular weight excluding hydrogens is 230 g/mol. The zero-order valence-electron chi connectivity index (χ0n) is 11.5. The number of hydrogen-bond acceptors (Lipinski definition) is 4. The summed E-state index contributed by atoms with van der Waals surface area (Å²) in [6, 6.07) is 6.01. The SMILES string of the molecule is CCCOc1ccc(CNCCOC)cc1OC. The third-order valence-electron chi connectivity index (χ3n) is 2.50. The average molecular weight is 253 g/mol. The molecule has 0 bridgehead atoms. The van der Waals surface area contributed by atoms with Gasteiger partial charge in [0.2, 0.25) is 0 Å². The quantitative estimate of drug-likeness (QED) is 0.685. The van der Waals surface area contributed by atoms with Crippen molar-refractivity contribution in [1.29, 1.82) is 0 Å². The molecule has 4 heteroatoms. The van der Waals surface area contributed by atoms with Gasteiger partial charge >= 0.3 is 0 Å². The van der Waals surface area contributed by atoms with Crippen molar-refractivity contribution < 1.29 is 14.2 Å². The van der Waals surface area contributed by atoms with Gasteiger partial charge in [0.1, 0.15) is 0 Å². The smallest absolute Gasteiger partial charge is 0.161 e. The van der Waals surface area contributed by atoms with Crippen molar-refractivity contribution in [2.75, 3.05) is 34.0 Å². The highest BCUT2D eigenvalue weighted by molar-refractivity contribution is 5.42. The van der Waals surface area contributed by atoms with E-state index < -0.39 is 0 Å². The first-order valence-corrected chi connectivity index (χ1v) is 6.31. The zero-order chi connectivity index (χ0) is 13.2. The maximum Gasteiger partial charge on any atom is 0.161 e. The number of ether oxygens (including phenoxy) is 3. The molecule has 1 rings (SSSR count). The van der Waals surface area contributed by atoms with E-state index in [1.165, 1.54) is 5.56 Å². The van der Waals surface area contributed by atoms with Crippen LogP contribution in [0, 0.1) is 0 Å².